The molecule has 0 fully saturated rings. The molecule has 0 saturated heterocycles. The van der Waals surface area contributed by atoms with Crippen LogP contribution in [0.4, 0.5) is 5.95 Å². The number of methoxy groups -OCH3 is 1. The van der Waals surface area contributed by atoms with Crippen LogP contribution in [0.1, 0.15) is 18.5 Å². The fraction of sp³-hybridized carbons (Fsp3) is 0.231. The number of allylic oxidation sites excluding steroid dienone is 1. The van der Waals surface area contributed by atoms with Gasteiger partial charge in [-0.05, 0) is 29.0 Å². The van der Waals surface area contributed by atoms with Crippen LogP contribution in [0.5, 0.6) is 0 Å². The highest BCUT2D eigenvalue weighted by molar-refractivity contribution is 6.05. The summed E-state index contributed by atoms with van der Waals surface area (Å²) in [7, 11) is 1.24. The zero-order valence-corrected chi connectivity index (χ0v) is 11.8. The second kappa shape index (κ2) is 5.35. The molecule has 0 radical (unpaired) electrons. The van der Waals surface area contributed by atoms with E-state index in [4.69, 9.17) is 4.74 Å². The van der Waals surface area contributed by atoms with Crippen LogP contribution >= 0.6 is 0 Å². The van der Waals surface area contributed by atoms with E-state index in [0.717, 1.165) is 0 Å². The number of tetrazole rings is 1. The van der Waals surface area contributed by atoms with Gasteiger partial charge in [0, 0.05) is 12.4 Å². The van der Waals surface area contributed by atoms with Gasteiger partial charge in [0.15, 0.2) is 5.78 Å². The number of ether oxygens (including phenoxy) is 1. The van der Waals surface area contributed by atoms with Crippen LogP contribution < -0.4 is 5.32 Å². The second-order valence-corrected chi connectivity index (χ2v) is 4.60. The topological polar surface area (TPSA) is 112 Å². The SMILES string of the molecule is COC(=O)C1=C(C(C)=O)C(c2cccnc2)n2nnnc2N1. The number of aromatic nitrogens is 5. The maximum atomic E-state index is 12.1. The Balaban J connectivity index is 2.25. The number of hydrogen-bond acceptors (Lipinski definition) is 8. The first kappa shape index (κ1) is 13.9. The van der Waals surface area contributed by atoms with E-state index in [-0.39, 0.29) is 23.0 Å². The number of fused-ring (bicyclic) bond motifs is 1. The molecule has 0 saturated carbocycles. The summed E-state index contributed by atoms with van der Waals surface area (Å²) in [4.78, 5) is 28.2. The number of hydrogen-bond donors (Lipinski definition) is 1. The van der Waals surface area contributed by atoms with E-state index < -0.39 is 12.0 Å². The van der Waals surface area contributed by atoms with Gasteiger partial charge in [-0.2, -0.15) is 4.68 Å². The van der Waals surface area contributed by atoms with E-state index in [1.165, 1.54) is 18.7 Å². The molecule has 0 spiro atoms. The lowest BCUT2D eigenvalue weighted by Gasteiger charge is -2.27. The predicted molar refractivity (Wildman–Crippen MR) is 73.5 cm³/mol. The maximum Gasteiger partial charge on any atom is 0.355 e. The van der Waals surface area contributed by atoms with Crippen LogP contribution in [-0.2, 0) is 14.3 Å². The van der Waals surface area contributed by atoms with Crippen LogP contribution in [0.15, 0.2) is 35.8 Å². The Hall–Kier alpha value is -3.10. The summed E-state index contributed by atoms with van der Waals surface area (Å²) in [5, 5.41) is 14.0. The summed E-state index contributed by atoms with van der Waals surface area (Å²) in [6.45, 7) is 1.37. The molecule has 3 heterocycles. The van der Waals surface area contributed by atoms with Gasteiger partial charge in [0.05, 0.1) is 12.7 Å². The first-order valence-electron chi connectivity index (χ1n) is 6.41. The third-order valence-electron chi connectivity index (χ3n) is 3.29. The van der Waals surface area contributed by atoms with E-state index in [9.17, 15) is 9.59 Å². The molecule has 3 rings (SSSR count). The maximum absolute atomic E-state index is 12.1. The highest BCUT2D eigenvalue weighted by Gasteiger charge is 2.36. The fourth-order valence-electron chi connectivity index (χ4n) is 2.37. The molecule has 1 unspecified atom stereocenters. The molecule has 1 aliphatic heterocycles. The number of carbonyl (C=O) groups excluding carboxylic acids is 2. The smallest absolute Gasteiger partial charge is 0.355 e. The fourth-order valence-corrected chi connectivity index (χ4v) is 2.37. The zero-order chi connectivity index (χ0) is 15.7. The number of anilines is 1. The highest BCUT2D eigenvalue weighted by Crippen LogP contribution is 2.34. The van der Waals surface area contributed by atoms with Crippen molar-refractivity contribution in [2.45, 2.75) is 13.0 Å². The molecular formula is C13H12N6O3. The molecule has 1 N–H and O–H groups in total. The number of rotatable bonds is 3. The van der Waals surface area contributed by atoms with Crippen molar-refractivity contribution in [3.63, 3.8) is 0 Å². The molecule has 2 aromatic rings. The van der Waals surface area contributed by atoms with Gasteiger partial charge in [-0.1, -0.05) is 11.2 Å². The van der Waals surface area contributed by atoms with Gasteiger partial charge in [-0.3, -0.25) is 9.78 Å². The van der Waals surface area contributed by atoms with Crippen molar-refractivity contribution >= 4 is 17.7 Å². The third-order valence-corrected chi connectivity index (χ3v) is 3.29. The number of pyridine rings is 1. The van der Waals surface area contributed by atoms with Gasteiger partial charge in [0.1, 0.15) is 11.7 Å². The molecule has 22 heavy (non-hydrogen) atoms. The number of carbonyl (C=O) groups is 2. The van der Waals surface area contributed by atoms with E-state index >= 15 is 0 Å². The molecule has 1 aliphatic rings. The molecule has 112 valence electrons. The lowest BCUT2D eigenvalue weighted by molar-refractivity contribution is -0.136. The van der Waals surface area contributed by atoms with E-state index in [1.807, 2.05) is 0 Å². The van der Waals surface area contributed by atoms with Crippen LogP contribution in [0.25, 0.3) is 0 Å². The lowest BCUT2D eigenvalue weighted by Crippen LogP contribution is -2.32. The monoisotopic (exact) mass is 300 g/mol. The molecule has 9 nitrogen and oxygen atoms in total. The van der Waals surface area contributed by atoms with Crippen LogP contribution in [0.3, 0.4) is 0 Å². The molecule has 0 aliphatic carbocycles. The Kier molecular flexibility index (Phi) is 3.37. The van der Waals surface area contributed by atoms with Gasteiger partial charge in [0.25, 0.3) is 0 Å². The zero-order valence-electron chi connectivity index (χ0n) is 11.8. The Morgan fingerprint density at radius 1 is 1.41 bits per heavy atom. The second-order valence-electron chi connectivity index (χ2n) is 4.60. The largest absolute Gasteiger partial charge is 0.464 e. The molecule has 0 bridgehead atoms. The Labute approximate surface area is 125 Å². The first-order valence-corrected chi connectivity index (χ1v) is 6.41. The third kappa shape index (κ3) is 2.12. The van der Waals surface area contributed by atoms with E-state index in [1.54, 1.807) is 24.5 Å². The summed E-state index contributed by atoms with van der Waals surface area (Å²) in [6.07, 6.45) is 3.21. The molecule has 1 atom stereocenters. The van der Waals surface area contributed by atoms with Crippen molar-refractivity contribution < 1.29 is 14.3 Å². The number of esters is 1. The lowest BCUT2D eigenvalue weighted by atomic mass is 9.94. The summed E-state index contributed by atoms with van der Waals surface area (Å²) < 4.78 is 6.17. The summed E-state index contributed by atoms with van der Waals surface area (Å²) in [5.74, 6) is -0.699. The van der Waals surface area contributed by atoms with Crippen molar-refractivity contribution in [1.82, 2.24) is 25.2 Å². The van der Waals surface area contributed by atoms with E-state index in [0.29, 0.717) is 5.56 Å². The number of ketones is 1. The minimum atomic E-state index is -0.659. The predicted octanol–water partition coefficient (Wildman–Crippen LogP) is 0.0991. The van der Waals surface area contributed by atoms with Crippen molar-refractivity contribution in [2.75, 3.05) is 12.4 Å². The van der Waals surface area contributed by atoms with Crippen LogP contribution in [0.2, 0.25) is 0 Å². The highest BCUT2D eigenvalue weighted by atomic mass is 16.5. The van der Waals surface area contributed by atoms with Crippen molar-refractivity contribution in [3.8, 4) is 0 Å². The van der Waals surface area contributed by atoms with Gasteiger partial charge in [0.2, 0.25) is 5.95 Å². The summed E-state index contributed by atoms with van der Waals surface area (Å²) >= 11 is 0. The summed E-state index contributed by atoms with van der Waals surface area (Å²) in [6, 6.07) is 2.87. The number of nitrogens with one attached hydrogen (secondary N) is 1. The van der Waals surface area contributed by atoms with Crippen LogP contribution in [0, 0.1) is 0 Å². The minimum Gasteiger partial charge on any atom is -0.464 e. The van der Waals surface area contributed by atoms with Gasteiger partial charge >= 0.3 is 5.97 Å². The average Bonchev–Trinajstić information content (AvgIpc) is 3.01. The Bertz CT molecular complexity index is 767. The van der Waals surface area contributed by atoms with Crippen LogP contribution in [-0.4, -0.2) is 44.1 Å². The average molecular weight is 300 g/mol. The van der Waals surface area contributed by atoms with Crippen molar-refractivity contribution in [2.24, 2.45) is 0 Å². The number of Topliss-reactive ketones (excluding diaryl/α,β-unsaturated/α-hetero) is 1. The molecule has 0 aromatic carbocycles. The van der Waals surface area contributed by atoms with Crippen molar-refractivity contribution in [3.05, 3.63) is 41.4 Å². The molecule has 2 aromatic heterocycles. The number of nitrogens with zero attached hydrogens (tertiary/aromatic N) is 5. The normalized spacial score (nSPS) is 16.7. The van der Waals surface area contributed by atoms with Gasteiger partial charge in [-0.15, -0.1) is 0 Å². The summed E-state index contributed by atoms with van der Waals surface area (Å²) in [5.41, 5.74) is 0.940. The molecule has 0 amide bonds. The Morgan fingerprint density at radius 3 is 2.86 bits per heavy atom. The van der Waals surface area contributed by atoms with Gasteiger partial charge in [-0.25, -0.2) is 4.79 Å². The molecule has 9 heteroatoms. The quantitative estimate of drug-likeness (QED) is 0.794. The van der Waals surface area contributed by atoms with Crippen molar-refractivity contribution in [1.29, 1.82) is 0 Å². The van der Waals surface area contributed by atoms with E-state index in [2.05, 4.69) is 25.8 Å². The minimum absolute atomic E-state index is 0.0335. The van der Waals surface area contributed by atoms with Gasteiger partial charge < -0.3 is 10.1 Å². The Morgan fingerprint density at radius 2 is 2.23 bits per heavy atom. The molecular weight excluding hydrogens is 288 g/mol. The standard InChI is InChI=1S/C13H12N6O3/c1-7(20)9-10(12(21)22-2)15-13-16-17-18-19(13)11(9)8-4-3-5-14-6-8/h3-6,11H,1-2H3,(H,15,16,18). The first-order chi connectivity index (χ1) is 10.6.